The molecule has 2 atom stereocenters. The number of aliphatic hydroxyl groups excluding tert-OH is 1. The van der Waals surface area contributed by atoms with Gasteiger partial charge < -0.3 is 19.9 Å². The van der Waals surface area contributed by atoms with Crippen LogP contribution in [-0.2, 0) is 23.9 Å². The number of aromatic nitrogens is 2. The zero-order chi connectivity index (χ0) is 20.9. The van der Waals surface area contributed by atoms with Gasteiger partial charge in [-0.3, -0.25) is 9.59 Å². The number of fused-ring (bicyclic) bond motifs is 2. The normalized spacial score (nSPS) is 22.4. The molecular weight excluding hydrogens is 380 g/mol. The van der Waals surface area contributed by atoms with Crippen molar-refractivity contribution in [2.75, 3.05) is 11.9 Å². The molecule has 3 heterocycles. The number of carbonyl (C=O) groups is 2. The van der Waals surface area contributed by atoms with Crippen LogP contribution in [-0.4, -0.2) is 37.9 Å². The van der Waals surface area contributed by atoms with E-state index in [1.54, 1.807) is 35.4 Å². The van der Waals surface area contributed by atoms with Crippen LogP contribution in [0.4, 0.5) is 5.69 Å². The number of benzene rings is 2. The number of imidazole rings is 1. The average molecular weight is 402 g/mol. The molecule has 7 nitrogen and oxygen atoms in total. The van der Waals surface area contributed by atoms with Gasteiger partial charge >= 0.3 is 0 Å². The first-order chi connectivity index (χ1) is 14.6. The highest BCUT2D eigenvalue weighted by molar-refractivity contribution is 6.08. The topological polar surface area (TPSA) is 87.5 Å². The van der Waals surface area contributed by atoms with Crippen molar-refractivity contribution < 1.29 is 14.7 Å². The second-order valence-electron chi connectivity index (χ2n) is 7.87. The Morgan fingerprint density at radius 3 is 2.70 bits per heavy atom. The van der Waals surface area contributed by atoms with Crippen molar-refractivity contribution in [1.82, 2.24) is 14.5 Å². The summed E-state index contributed by atoms with van der Waals surface area (Å²) in [5.41, 5.74) is 2.10. The lowest BCUT2D eigenvalue weighted by Crippen LogP contribution is -2.43. The van der Waals surface area contributed by atoms with Crippen molar-refractivity contribution >= 4 is 17.5 Å². The van der Waals surface area contributed by atoms with Crippen LogP contribution in [0.25, 0.3) is 0 Å². The Morgan fingerprint density at radius 2 is 2.00 bits per heavy atom. The van der Waals surface area contributed by atoms with E-state index < -0.39 is 11.5 Å². The summed E-state index contributed by atoms with van der Waals surface area (Å²) in [4.78, 5) is 33.2. The Morgan fingerprint density at radius 1 is 1.23 bits per heavy atom. The molecule has 0 radical (unpaired) electrons. The highest BCUT2D eigenvalue weighted by atomic mass is 16.3. The summed E-state index contributed by atoms with van der Waals surface area (Å²) in [5, 5.41) is 12.3. The summed E-state index contributed by atoms with van der Waals surface area (Å²) in [6, 6.07) is 14.1. The predicted octanol–water partition coefficient (Wildman–Crippen LogP) is 2.39. The molecule has 1 saturated heterocycles. The van der Waals surface area contributed by atoms with Gasteiger partial charge in [0, 0.05) is 37.2 Å². The molecule has 0 aliphatic carbocycles. The maximum absolute atomic E-state index is 13.5. The summed E-state index contributed by atoms with van der Waals surface area (Å²) in [5.74, 6) is 0.434. The number of hydrogen-bond acceptors (Lipinski definition) is 4. The second kappa shape index (κ2) is 6.81. The second-order valence-corrected chi connectivity index (χ2v) is 7.87. The molecule has 1 aromatic heterocycles. The van der Waals surface area contributed by atoms with Gasteiger partial charge in [-0.05, 0) is 35.7 Å². The molecule has 0 bridgehead atoms. The van der Waals surface area contributed by atoms with Crippen LogP contribution in [0.2, 0.25) is 0 Å². The van der Waals surface area contributed by atoms with E-state index in [0.717, 1.165) is 16.8 Å². The Labute approximate surface area is 174 Å². The lowest BCUT2D eigenvalue weighted by atomic mass is 9.74. The molecule has 2 N–H and O–H groups in total. The average Bonchev–Trinajstić information content (AvgIpc) is 3.44. The number of nitrogens with one attached hydrogen (secondary N) is 1. The number of aryl methyl sites for hydroxylation is 1. The van der Waals surface area contributed by atoms with Gasteiger partial charge in [-0.1, -0.05) is 30.3 Å². The molecule has 2 aliphatic rings. The first-order valence-corrected chi connectivity index (χ1v) is 9.95. The first kappa shape index (κ1) is 18.6. The van der Waals surface area contributed by atoms with E-state index in [9.17, 15) is 14.7 Å². The fourth-order valence-electron chi connectivity index (χ4n) is 4.82. The Bertz CT molecular complexity index is 1140. The number of amides is 2. The molecule has 0 saturated carbocycles. The molecular formula is C23H22N4O3. The number of nitrogens with zero attached hydrogens (tertiary/aromatic N) is 3. The third kappa shape index (κ3) is 2.52. The zero-order valence-electron chi connectivity index (χ0n) is 16.6. The molecule has 152 valence electrons. The van der Waals surface area contributed by atoms with E-state index >= 15 is 0 Å². The summed E-state index contributed by atoms with van der Waals surface area (Å²) < 4.78 is 1.88. The third-order valence-electron chi connectivity index (χ3n) is 6.33. The Hall–Kier alpha value is -3.45. The van der Waals surface area contributed by atoms with Crippen LogP contribution < -0.4 is 5.32 Å². The molecule has 1 fully saturated rings. The van der Waals surface area contributed by atoms with Crippen LogP contribution in [0.1, 0.15) is 39.8 Å². The first-order valence-electron chi connectivity index (χ1n) is 9.95. The molecule has 2 aromatic carbocycles. The lowest BCUT2D eigenvalue weighted by Gasteiger charge is -2.33. The Balaban J connectivity index is 1.64. The molecule has 1 spiro atoms. The van der Waals surface area contributed by atoms with Crippen LogP contribution in [0, 0.1) is 0 Å². The minimum atomic E-state index is -0.879. The number of para-hydroxylation sites is 1. The SMILES string of the molecule is Cn1ccnc1[C@@H]1N(C(=O)c2ccc(CO)cc2)CC[C@]12C(=O)Nc1ccccc12. The standard InChI is InChI=1S/C23H22N4O3/c1-26-13-11-24-20(26)19-23(17-4-2-3-5-18(17)25-22(23)30)10-12-27(19)21(29)16-8-6-15(14-28)7-9-16/h2-9,11,13,19,28H,10,12,14H2,1H3,(H,25,30)/t19-,23+/m0/s1. The van der Waals surface area contributed by atoms with Gasteiger partial charge in [0.1, 0.15) is 17.3 Å². The Kier molecular flexibility index (Phi) is 4.22. The van der Waals surface area contributed by atoms with Crippen LogP contribution in [0.5, 0.6) is 0 Å². The van der Waals surface area contributed by atoms with Gasteiger partial charge in [-0.2, -0.15) is 0 Å². The summed E-state index contributed by atoms with van der Waals surface area (Å²) in [7, 11) is 1.88. The summed E-state index contributed by atoms with van der Waals surface area (Å²) in [6.45, 7) is 0.369. The van der Waals surface area contributed by atoms with E-state index in [4.69, 9.17) is 0 Å². The molecule has 2 amide bonds. The fourth-order valence-corrected chi connectivity index (χ4v) is 4.82. The van der Waals surface area contributed by atoms with Gasteiger partial charge in [0.05, 0.1) is 6.61 Å². The van der Waals surface area contributed by atoms with Gasteiger partial charge in [-0.15, -0.1) is 0 Å². The highest BCUT2D eigenvalue weighted by Crippen LogP contribution is 2.54. The summed E-state index contributed by atoms with van der Waals surface area (Å²) >= 11 is 0. The van der Waals surface area contributed by atoms with Gasteiger partial charge in [-0.25, -0.2) is 4.98 Å². The third-order valence-corrected chi connectivity index (χ3v) is 6.33. The van der Waals surface area contributed by atoms with E-state index in [1.807, 2.05) is 42.1 Å². The lowest BCUT2D eigenvalue weighted by molar-refractivity contribution is -0.121. The number of likely N-dealkylation sites (tertiary alicyclic amines) is 1. The molecule has 5 rings (SSSR count). The van der Waals surface area contributed by atoms with Crippen molar-refractivity contribution in [1.29, 1.82) is 0 Å². The van der Waals surface area contributed by atoms with Crippen molar-refractivity contribution in [2.45, 2.75) is 24.5 Å². The van der Waals surface area contributed by atoms with Gasteiger partial charge in [0.25, 0.3) is 5.91 Å². The van der Waals surface area contributed by atoms with E-state index in [1.165, 1.54) is 0 Å². The van der Waals surface area contributed by atoms with Crippen molar-refractivity contribution in [3.8, 4) is 0 Å². The van der Waals surface area contributed by atoms with Crippen molar-refractivity contribution in [3.63, 3.8) is 0 Å². The van der Waals surface area contributed by atoms with Crippen LogP contribution >= 0.6 is 0 Å². The molecule has 3 aromatic rings. The predicted molar refractivity (Wildman–Crippen MR) is 111 cm³/mol. The van der Waals surface area contributed by atoms with Gasteiger partial charge in [0.2, 0.25) is 5.91 Å². The number of aliphatic hydroxyl groups is 1. The van der Waals surface area contributed by atoms with E-state index in [2.05, 4.69) is 10.3 Å². The molecule has 7 heteroatoms. The minimum Gasteiger partial charge on any atom is -0.392 e. The maximum Gasteiger partial charge on any atom is 0.254 e. The highest BCUT2D eigenvalue weighted by Gasteiger charge is 2.60. The zero-order valence-corrected chi connectivity index (χ0v) is 16.6. The monoisotopic (exact) mass is 402 g/mol. The van der Waals surface area contributed by atoms with E-state index in [0.29, 0.717) is 24.4 Å². The van der Waals surface area contributed by atoms with Gasteiger partial charge in [0.15, 0.2) is 0 Å². The van der Waals surface area contributed by atoms with E-state index in [-0.39, 0.29) is 18.4 Å². The largest absolute Gasteiger partial charge is 0.392 e. The van der Waals surface area contributed by atoms with Crippen molar-refractivity contribution in [3.05, 3.63) is 83.4 Å². The molecule has 0 unspecified atom stereocenters. The van der Waals surface area contributed by atoms with Crippen LogP contribution in [0.15, 0.2) is 60.9 Å². The minimum absolute atomic E-state index is 0.0753. The smallest absolute Gasteiger partial charge is 0.254 e. The fraction of sp³-hybridized carbons (Fsp3) is 0.261. The maximum atomic E-state index is 13.5. The molecule has 2 aliphatic heterocycles. The number of anilines is 1. The number of carbonyl (C=O) groups excluding carboxylic acids is 2. The number of hydrogen-bond donors (Lipinski definition) is 2. The van der Waals surface area contributed by atoms with Crippen LogP contribution in [0.3, 0.4) is 0 Å². The van der Waals surface area contributed by atoms with Crippen molar-refractivity contribution in [2.24, 2.45) is 7.05 Å². The summed E-state index contributed by atoms with van der Waals surface area (Å²) in [6.07, 6.45) is 4.05. The molecule has 30 heavy (non-hydrogen) atoms. The number of rotatable bonds is 3. The quantitative estimate of drug-likeness (QED) is 0.704.